The first kappa shape index (κ1) is 22.6. The molecule has 0 radical (unpaired) electrons. The molecule has 8 nitrogen and oxygen atoms in total. The topological polar surface area (TPSA) is 99.2 Å². The minimum absolute atomic E-state index is 0.0374. The number of likely N-dealkylation sites (tertiary alicyclic amines) is 1. The molecule has 1 fully saturated rings. The van der Waals surface area contributed by atoms with Crippen LogP contribution >= 0.6 is 0 Å². The molecule has 1 saturated heterocycles. The number of amides is 1. The van der Waals surface area contributed by atoms with Gasteiger partial charge in [0, 0.05) is 29.6 Å². The molecule has 2 aromatic heterocycles. The number of anilines is 1. The predicted molar refractivity (Wildman–Crippen MR) is 134 cm³/mol. The third-order valence-corrected chi connectivity index (χ3v) is 6.39. The molecule has 8 heteroatoms. The van der Waals surface area contributed by atoms with Crippen molar-refractivity contribution in [2.75, 3.05) is 19.4 Å². The molecule has 0 saturated carbocycles. The maximum absolute atomic E-state index is 13.7. The van der Waals surface area contributed by atoms with Gasteiger partial charge in [0.15, 0.2) is 0 Å². The molecule has 35 heavy (non-hydrogen) atoms. The van der Waals surface area contributed by atoms with Crippen molar-refractivity contribution in [1.82, 2.24) is 24.6 Å². The molecule has 4 aromatic rings. The molecule has 3 heterocycles. The molecule has 5 rings (SSSR count). The number of carbonyl (C=O) groups is 1. The maximum Gasteiger partial charge on any atom is 0.254 e. The fraction of sp³-hybridized carbons (Fsp3) is 0.259. The summed E-state index contributed by atoms with van der Waals surface area (Å²) in [5.41, 5.74) is 12.0. The predicted octanol–water partition coefficient (Wildman–Crippen LogP) is 4.51. The first-order valence-corrected chi connectivity index (χ1v) is 11.7. The number of hydrogen-bond acceptors (Lipinski definition) is 6. The zero-order valence-electron chi connectivity index (χ0n) is 20.1. The van der Waals surface area contributed by atoms with Gasteiger partial charge in [0.05, 0.1) is 30.2 Å². The summed E-state index contributed by atoms with van der Waals surface area (Å²) < 4.78 is 7.26. The highest BCUT2D eigenvalue weighted by Crippen LogP contribution is 2.38. The molecule has 1 atom stereocenters. The summed E-state index contributed by atoms with van der Waals surface area (Å²) in [6.45, 7) is 4.61. The van der Waals surface area contributed by atoms with Crippen LogP contribution in [0.15, 0.2) is 60.8 Å². The Balaban J connectivity index is 1.51. The van der Waals surface area contributed by atoms with Crippen molar-refractivity contribution in [3.05, 3.63) is 83.4 Å². The average molecular weight is 469 g/mol. The molecule has 0 unspecified atom stereocenters. The Morgan fingerprint density at radius 1 is 1.11 bits per heavy atom. The highest BCUT2D eigenvalue weighted by molar-refractivity contribution is 5.95. The fourth-order valence-corrected chi connectivity index (χ4v) is 4.80. The number of carbonyl (C=O) groups excluding carboxylic acids is 1. The van der Waals surface area contributed by atoms with E-state index in [9.17, 15) is 4.79 Å². The summed E-state index contributed by atoms with van der Waals surface area (Å²) in [5.74, 6) is 0.896. The number of nitrogen functional groups attached to an aromatic ring is 1. The van der Waals surface area contributed by atoms with Crippen LogP contribution in [0.25, 0.3) is 16.8 Å². The van der Waals surface area contributed by atoms with Crippen LogP contribution in [0.4, 0.5) is 5.95 Å². The first-order chi connectivity index (χ1) is 16.9. The standard InChI is InChI=1S/C27H28N6O2/c1-17-13-18(2)33(31-17)21-9-4-8-20(14-21)26(34)32-12-6-11-24(32)25-23(16-29-27(28)30-25)19-7-5-10-22(15-19)35-3/h4-5,7-10,13-16,24H,6,11-12H2,1-3H3,(H2,28,29,30)/t24-/m1/s1. The smallest absolute Gasteiger partial charge is 0.254 e. The molecule has 178 valence electrons. The van der Waals surface area contributed by atoms with E-state index >= 15 is 0 Å². The summed E-state index contributed by atoms with van der Waals surface area (Å²) in [5, 5.41) is 4.56. The van der Waals surface area contributed by atoms with Gasteiger partial charge in [-0.3, -0.25) is 4.79 Å². The number of rotatable bonds is 5. The number of benzene rings is 2. The normalized spacial score (nSPS) is 15.4. The Bertz CT molecular complexity index is 1400. The maximum atomic E-state index is 13.7. The largest absolute Gasteiger partial charge is 0.497 e. The second-order valence-electron chi connectivity index (χ2n) is 8.80. The van der Waals surface area contributed by atoms with Crippen LogP contribution in [0.5, 0.6) is 5.75 Å². The Morgan fingerprint density at radius 2 is 1.94 bits per heavy atom. The molecule has 0 spiro atoms. The van der Waals surface area contributed by atoms with E-state index in [-0.39, 0.29) is 17.9 Å². The van der Waals surface area contributed by atoms with E-state index in [4.69, 9.17) is 10.5 Å². The van der Waals surface area contributed by atoms with Crippen molar-refractivity contribution in [3.63, 3.8) is 0 Å². The van der Waals surface area contributed by atoms with Gasteiger partial charge in [0.2, 0.25) is 5.95 Å². The van der Waals surface area contributed by atoms with Crippen molar-refractivity contribution >= 4 is 11.9 Å². The number of nitrogens with zero attached hydrogens (tertiary/aromatic N) is 5. The number of ether oxygens (including phenoxy) is 1. The number of hydrogen-bond donors (Lipinski definition) is 1. The second kappa shape index (κ2) is 9.21. The van der Waals surface area contributed by atoms with E-state index in [1.807, 2.05) is 78.0 Å². The van der Waals surface area contributed by atoms with E-state index in [0.29, 0.717) is 12.1 Å². The van der Waals surface area contributed by atoms with Crippen LogP contribution in [-0.4, -0.2) is 44.2 Å². The summed E-state index contributed by atoms with van der Waals surface area (Å²) in [6, 6.07) is 17.2. The second-order valence-corrected chi connectivity index (χ2v) is 8.80. The van der Waals surface area contributed by atoms with Gasteiger partial charge >= 0.3 is 0 Å². The summed E-state index contributed by atoms with van der Waals surface area (Å²) >= 11 is 0. The Hall–Kier alpha value is -4.20. The van der Waals surface area contributed by atoms with Crippen LogP contribution < -0.4 is 10.5 Å². The van der Waals surface area contributed by atoms with Crippen LogP contribution in [0.2, 0.25) is 0 Å². The van der Waals surface area contributed by atoms with Crippen molar-refractivity contribution in [2.45, 2.75) is 32.7 Å². The quantitative estimate of drug-likeness (QED) is 0.463. The highest BCUT2D eigenvalue weighted by atomic mass is 16.5. The molecule has 1 amide bonds. The molecular weight excluding hydrogens is 440 g/mol. The lowest BCUT2D eigenvalue weighted by Gasteiger charge is -2.26. The minimum Gasteiger partial charge on any atom is -0.497 e. The molecule has 1 aliphatic heterocycles. The van der Waals surface area contributed by atoms with Gasteiger partial charge in [0.25, 0.3) is 5.91 Å². The average Bonchev–Trinajstić information content (AvgIpc) is 3.49. The van der Waals surface area contributed by atoms with Gasteiger partial charge < -0.3 is 15.4 Å². The van der Waals surface area contributed by atoms with Crippen LogP contribution in [0.1, 0.15) is 46.3 Å². The third-order valence-electron chi connectivity index (χ3n) is 6.39. The van der Waals surface area contributed by atoms with Gasteiger partial charge in [0.1, 0.15) is 5.75 Å². The van der Waals surface area contributed by atoms with E-state index in [1.165, 1.54) is 0 Å². The van der Waals surface area contributed by atoms with Gasteiger partial charge in [-0.25, -0.2) is 14.6 Å². The van der Waals surface area contributed by atoms with Crippen LogP contribution in [-0.2, 0) is 0 Å². The van der Waals surface area contributed by atoms with E-state index < -0.39 is 0 Å². The molecule has 2 N–H and O–H groups in total. The van der Waals surface area contributed by atoms with Crippen molar-refractivity contribution < 1.29 is 9.53 Å². The third kappa shape index (κ3) is 4.35. The van der Waals surface area contributed by atoms with Gasteiger partial charge in [-0.05, 0) is 68.7 Å². The molecule has 0 bridgehead atoms. The SMILES string of the molecule is COc1cccc(-c2cnc(N)nc2[C@H]2CCCN2C(=O)c2cccc(-n3nc(C)cc3C)c2)c1. The number of methoxy groups -OCH3 is 1. The molecule has 0 aliphatic carbocycles. The Labute approximate surface area is 204 Å². The highest BCUT2D eigenvalue weighted by Gasteiger charge is 2.34. The number of nitrogens with two attached hydrogens (primary N) is 1. The Kier molecular flexibility index (Phi) is 5.94. The Morgan fingerprint density at radius 3 is 2.71 bits per heavy atom. The van der Waals surface area contributed by atoms with E-state index in [1.54, 1.807) is 13.3 Å². The summed E-state index contributed by atoms with van der Waals surface area (Å²) in [4.78, 5) is 24.5. The van der Waals surface area contributed by atoms with Gasteiger partial charge in [-0.15, -0.1) is 0 Å². The van der Waals surface area contributed by atoms with Crippen molar-refractivity contribution in [1.29, 1.82) is 0 Å². The van der Waals surface area contributed by atoms with Gasteiger partial charge in [-0.2, -0.15) is 5.10 Å². The lowest BCUT2D eigenvalue weighted by atomic mass is 9.99. The van der Waals surface area contributed by atoms with Crippen LogP contribution in [0.3, 0.4) is 0 Å². The number of aromatic nitrogens is 4. The fourth-order valence-electron chi connectivity index (χ4n) is 4.80. The number of aryl methyl sites for hydroxylation is 2. The zero-order chi connectivity index (χ0) is 24.5. The van der Waals surface area contributed by atoms with Crippen LogP contribution in [0, 0.1) is 13.8 Å². The van der Waals surface area contributed by atoms with Gasteiger partial charge in [-0.1, -0.05) is 18.2 Å². The minimum atomic E-state index is -0.202. The molecule has 1 aliphatic rings. The molecular formula is C27H28N6O2. The molecule has 2 aromatic carbocycles. The first-order valence-electron chi connectivity index (χ1n) is 11.7. The van der Waals surface area contributed by atoms with E-state index in [2.05, 4.69) is 15.1 Å². The summed E-state index contributed by atoms with van der Waals surface area (Å²) in [7, 11) is 1.64. The lowest BCUT2D eigenvalue weighted by molar-refractivity contribution is 0.0733. The lowest BCUT2D eigenvalue weighted by Crippen LogP contribution is -2.31. The van der Waals surface area contributed by atoms with Crippen molar-refractivity contribution in [3.8, 4) is 22.6 Å². The summed E-state index contributed by atoms with van der Waals surface area (Å²) in [6.07, 6.45) is 3.42. The van der Waals surface area contributed by atoms with E-state index in [0.717, 1.165) is 52.5 Å². The zero-order valence-corrected chi connectivity index (χ0v) is 20.1. The van der Waals surface area contributed by atoms with Crippen molar-refractivity contribution in [2.24, 2.45) is 0 Å². The monoisotopic (exact) mass is 468 g/mol.